The minimum Gasteiger partial charge on any atom is -0.458 e. The van der Waals surface area contributed by atoms with Gasteiger partial charge in [-0.3, -0.25) is 4.79 Å². The van der Waals surface area contributed by atoms with Crippen LogP contribution in [0.15, 0.2) is 42.7 Å². The van der Waals surface area contributed by atoms with Crippen LogP contribution in [0.3, 0.4) is 0 Å². The molecule has 26 heavy (non-hydrogen) atoms. The van der Waals surface area contributed by atoms with Gasteiger partial charge in [-0.15, -0.1) is 0 Å². The maximum absolute atomic E-state index is 12.5. The first-order valence-corrected chi connectivity index (χ1v) is 9.16. The summed E-state index contributed by atoms with van der Waals surface area (Å²) in [5.41, 5.74) is 3.30. The number of aryl methyl sites for hydroxylation is 2. The molecule has 1 atom stereocenters. The Morgan fingerprint density at radius 1 is 1.31 bits per heavy atom. The summed E-state index contributed by atoms with van der Waals surface area (Å²) in [4.78, 5) is 22.9. The van der Waals surface area contributed by atoms with Gasteiger partial charge < -0.3 is 9.64 Å². The van der Waals surface area contributed by atoms with E-state index < -0.39 is 0 Å². The van der Waals surface area contributed by atoms with Gasteiger partial charge >= 0.3 is 6.01 Å². The molecule has 0 spiro atoms. The Morgan fingerprint density at radius 3 is 2.81 bits per heavy atom. The molecule has 0 aliphatic carbocycles. The second kappa shape index (κ2) is 8.61. The number of benzene rings is 1. The highest BCUT2D eigenvalue weighted by Crippen LogP contribution is 2.16. The lowest BCUT2D eigenvalue weighted by atomic mass is 10.1. The highest BCUT2D eigenvalue weighted by Gasteiger charge is 2.24. The fraction of sp³-hybridized carbons (Fsp3) is 0.381. The van der Waals surface area contributed by atoms with Crippen molar-refractivity contribution in [1.29, 1.82) is 0 Å². The molecule has 0 bridgehead atoms. The molecule has 1 aliphatic rings. The second-order valence-electron chi connectivity index (χ2n) is 6.58. The van der Waals surface area contributed by atoms with E-state index in [1.54, 1.807) is 18.5 Å². The molecular formula is C21H25N3O2. The lowest BCUT2D eigenvalue weighted by Gasteiger charge is -2.31. The lowest BCUT2D eigenvalue weighted by Crippen LogP contribution is -2.43. The standard InChI is InChI=1S/C21H25N3O2/c1-3-17-13-22-21(23-14-17)26-19-9-6-12-24(15-19)20(25)11-10-18-8-5-4-7-16(18)2/h4-5,7-8,10-11,13-14,19H,3,6,9,12,15H2,1-2H3/b11-10+. The first kappa shape index (κ1) is 18.1. The van der Waals surface area contributed by atoms with Crippen LogP contribution in [0.25, 0.3) is 6.08 Å². The van der Waals surface area contributed by atoms with Crippen LogP contribution < -0.4 is 4.74 Å². The molecule has 1 aromatic heterocycles. The van der Waals surface area contributed by atoms with Crippen molar-refractivity contribution < 1.29 is 9.53 Å². The molecule has 1 saturated heterocycles. The average molecular weight is 351 g/mol. The van der Waals surface area contributed by atoms with Crippen molar-refractivity contribution in [3.05, 3.63) is 59.4 Å². The number of hydrogen-bond acceptors (Lipinski definition) is 4. The fourth-order valence-corrected chi connectivity index (χ4v) is 3.01. The molecule has 1 amide bonds. The number of aromatic nitrogens is 2. The molecule has 0 radical (unpaired) electrons. The van der Waals surface area contributed by atoms with E-state index in [-0.39, 0.29) is 12.0 Å². The van der Waals surface area contributed by atoms with E-state index in [0.29, 0.717) is 12.6 Å². The number of rotatable bonds is 5. The maximum Gasteiger partial charge on any atom is 0.316 e. The predicted octanol–water partition coefficient (Wildman–Crippen LogP) is 3.43. The third-order valence-electron chi connectivity index (χ3n) is 4.65. The lowest BCUT2D eigenvalue weighted by molar-refractivity contribution is -0.128. The summed E-state index contributed by atoms with van der Waals surface area (Å²) in [5.74, 6) is 0.0174. The smallest absolute Gasteiger partial charge is 0.316 e. The Morgan fingerprint density at radius 2 is 2.08 bits per heavy atom. The molecule has 3 rings (SSSR count). The Hall–Kier alpha value is -2.69. The number of likely N-dealkylation sites (tertiary alicyclic amines) is 1. The van der Waals surface area contributed by atoms with Crippen LogP contribution in [0.5, 0.6) is 6.01 Å². The van der Waals surface area contributed by atoms with Crippen molar-refractivity contribution in [3.8, 4) is 6.01 Å². The van der Waals surface area contributed by atoms with E-state index in [9.17, 15) is 4.79 Å². The summed E-state index contributed by atoms with van der Waals surface area (Å²) in [6, 6.07) is 8.41. The number of carbonyl (C=O) groups is 1. The predicted molar refractivity (Wildman–Crippen MR) is 102 cm³/mol. The zero-order valence-electron chi connectivity index (χ0n) is 15.4. The molecule has 2 heterocycles. The normalized spacial score (nSPS) is 17.5. The minimum absolute atomic E-state index is 0.0174. The summed E-state index contributed by atoms with van der Waals surface area (Å²) in [7, 11) is 0. The Labute approximate surface area is 154 Å². The third kappa shape index (κ3) is 4.69. The number of carbonyl (C=O) groups excluding carboxylic acids is 1. The number of ether oxygens (including phenoxy) is 1. The van der Waals surface area contributed by atoms with Crippen molar-refractivity contribution >= 4 is 12.0 Å². The number of hydrogen-bond donors (Lipinski definition) is 0. The molecule has 0 saturated carbocycles. The largest absolute Gasteiger partial charge is 0.458 e. The first-order valence-electron chi connectivity index (χ1n) is 9.16. The first-order chi connectivity index (χ1) is 12.7. The van der Waals surface area contributed by atoms with E-state index in [1.807, 2.05) is 42.2 Å². The van der Waals surface area contributed by atoms with Crippen LogP contribution in [-0.2, 0) is 11.2 Å². The molecular weight excluding hydrogens is 326 g/mol. The SMILES string of the molecule is CCc1cnc(OC2CCCN(C(=O)/C=C/c3ccccc3C)C2)nc1. The van der Waals surface area contributed by atoms with Crippen molar-refractivity contribution in [1.82, 2.24) is 14.9 Å². The van der Waals surface area contributed by atoms with Crippen LogP contribution in [0.1, 0.15) is 36.5 Å². The summed E-state index contributed by atoms with van der Waals surface area (Å²) < 4.78 is 5.88. The van der Waals surface area contributed by atoms with E-state index in [0.717, 1.165) is 42.5 Å². The Bertz CT molecular complexity index is 771. The number of amides is 1. The number of piperidine rings is 1. The van der Waals surface area contributed by atoms with Crippen LogP contribution >= 0.6 is 0 Å². The molecule has 136 valence electrons. The van der Waals surface area contributed by atoms with Crippen LogP contribution in [0.2, 0.25) is 0 Å². The van der Waals surface area contributed by atoms with Crippen molar-refractivity contribution in [3.63, 3.8) is 0 Å². The Balaban J connectivity index is 1.58. The molecule has 0 N–H and O–H groups in total. The van der Waals surface area contributed by atoms with Crippen molar-refractivity contribution in [2.24, 2.45) is 0 Å². The maximum atomic E-state index is 12.5. The molecule has 1 aromatic carbocycles. The highest BCUT2D eigenvalue weighted by molar-refractivity contribution is 5.92. The van der Waals surface area contributed by atoms with Crippen LogP contribution in [0, 0.1) is 6.92 Å². The third-order valence-corrected chi connectivity index (χ3v) is 4.65. The number of nitrogens with zero attached hydrogens (tertiary/aromatic N) is 3. The molecule has 1 unspecified atom stereocenters. The molecule has 2 aromatic rings. The zero-order chi connectivity index (χ0) is 18.4. The average Bonchev–Trinajstić information content (AvgIpc) is 2.68. The quantitative estimate of drug-likeness (QED) is 0.775. The van der Waals surface area contributed by atoms with Gasteiger partial charge in [-0.1, -0.05) is 31.2 Å². The Kier molecular flexibility index (Phi) is 6.00. The zero-order valence-corrected chi connectivity index (χ0v) is 15.4. The van der Waals surface area contributed by atoms with Crippen LogP contribution in [0.4, 0.5) is 0 Å². The van der Waals surface area contributed by atoms with Gasteiger partial charge in [0.05, 0.1) is 6.54 Å². The molecule has 1 fully saturated rings. The van der Waals surface area contributed by atoms with Gasteiger partial charge in [-0.05, 0) is 49.0 Å². The van der Waals surface area contributed by atoms with Gasteiger partial charge in [0.25, 0.3) is 0 Å². The molecule has 1 aliphatic heterocycles. The second-order valence-corrected chi connectivity index (χ2v) is 6.58. The van der Waals surface area contributed by atoms with E-state index >= 15 is 0 Å². The monoisotopic (exact) mass is 351 g/mol. The summed E-state index contributed by atoms with van der Waals surface area (Å²) in [6.45, 7) is 5.43. The van der Waals surface area contributed by atoms with Crippen LogP contribution in [-0.4, -0.2) is 40.0 Å². The van der Waals surface area contributed by atoms with E-state index in [1.165, 1.54) is 0 Å². The van der Waals surface area contributed by atoms with Gasteiger partial charge in [0.15, 0.2) is 0 Å². The van der Waals surface area contributed by atoms with Crippen molar-refractivity contribution in [2.75, 3.05) is 13.1 Å². The minimum atomic E-state index is -0.0629. The summed E-state index contributed by atoms with van der Waals surface area (Å²) in [6.07, 6.45) is 9.78. The fourth-order valence-electron chi connectivity index (χ4n) is 3.01. The summed E-state index contributed by atoms with van der Waals surface area (Å²) in [5, 5.41) is 0. The van der Waals surface area contributed by atoms with Gasteiger partial charge in [0.2, 0.25) is 5.91 Å². The van der Waals surface area contributed by atoms with Gasteiger partial charge in [-0.25, -0.2) is 9.97 Å². The summed E-state index contributed by atoms with van der Waals surface area (Å²) >= 11 is 0. The highest BCUT2D eigenvalue weighted by atomic mass is 16.5. The topological polar surface area (TPSA) is 55.3 Å². The van der Waals surface area contributed by atoms with Gasteiger partial charge in [-0.2, -0.15) is 0 Å². The van der Waals surface area contributed by atoms with Gasteiger partial charge in [0, 0.05) is 25.0 Å². The van der Waals surface area contributed by atoms with E-state index in [2.05, 4.69) is 16.9 Å². The van der Waals surface area contributed by atoms with Crippen molar-refractivity contribution in [2.45, 2.75) is 39.2 Å². The van der Waals surface area contributed by atoms with Gasteiger partial charge in [0.1, 0.15) is 6.10 Å². The molecule has 5 heteroatoms. The van der Waals surface area contributed by atoms with E-state index in [4.69, 9.17) is 4.74 Å². The molecule has 5 nitrogen and oxygen atoms in total.